The lowest BCUT2D eigenvalue weighted by atomic mass is 10.0. The molecule has 5 nitrogen and oxygen atoms in total. The van der Waals surface area contributed by atoms with Crippen molar-refractivity contribution < 1.29 is 14.7 Å². The summed E-state index contributed by atoms with van der Waals surface area (Å²) in [6, 6.07) is 3.13. The van der Waals surface area contributed by atoms with Crippen LogP contribution in [-0.4, -0.2) is 22.0 Å². The number of nitrogens with zero attached hydrogens (tertiary/aromatic N) is 1. The summed E-state index contributed by atoms with van der Waals surface area (Å²) in [7, 11) is 0. The van der Waals surface area contributed by atoms with E-state index in [1.165, 1.54) is 12.3 Å². The number of carboxylic acids is 1. The predicted molar refractivity (Wildman–Crippen MR) is 63.9 cm³/mol. The molecule has 0 aliphatic heterocycles. The van der Waals surface area contributed by atoms with Gasteiger partial charge in [0.05, 0.1) is 5.69 Å². The predicted octanol–water partition coefficient (Wildman–Crippen LogP) is 2.15. The first kappa shape index (κ1) is 13.2. The fourth-order valence-electron chi connectivity index (χ4n) is 1.57. The quantitative estimate of drug-likeness (QED) is 0.821. The number of hydrogen-bond donors (Lipinski definition) is 2. The van der Waals surface area contributed by atoms with Crippen molar-refractivity contribution in [2.24, 2.45) is 5.92 Å². The van der Waals surface area contributed by atoms with E-state index >= 15 is 0 Å². The largest absolute Gasteiger partial charge is 0.476 e. The molecular weight excluding hydrogens is 220 g/mol. The Hall–Kier alpha value is -1.91. The number of aromatic nitrogens is 1. The van der Waals surface area contributed by atoms with Crippen LogP contribution in [0.1, 0.15) is 37.2 Å². The van der Waals surface area contributed by atoms with Crippen molar-refractivity contribution in [2.45, 2.75) is 26.7 Å². The van der Waals surface area contributed by atoms with Gasteiger partial charge in [0.1, 0.15) is 0 Å². The summed E-state index contributed by atoms with van der Waals surface area (Å²) in [4.78, 5) is 26.4. The number of carbonyl (C=O) groups excluding carboxylic acids is 1. The van der Waals surface area contributed by atoms with Crippen LogP contribution >= 0.6 is 0 Å². The summed E-state index contributed by atoms with van der Waals surface area (Å²) in [5, 5.41) is 11.5. The van der Waals surface area contributed by atoms with Gasteiger partial charge in [0.25, 0.3) is 0 Å². The minimum atomic E-state index is -1.15. The number of amides is 1. The van der Waals surface area contributed by atoms with E-state index < -0.39 is 5.97 Å². The first-order valence-corrected chi connectivity index (χ1v) is 5.59. The number of pyridine rings is 1. The van der Waals surface area contributed by atoms with Crippen molar-refractivity contribution in [3.8, 4) is 0 Å². The molecule has 0 atom stereocenters. The molecule has 0 bridgehead atoms. The highest BCUT2D eigenvalue weighted by molar-refractivity contribution is 5.99. The lowest BCUT2D eigenvalue weighted by molar-refractivity contribution is -0.120. The third-order valence-electron chi connectivity index (χ3n) is 2.62. The van der Waals surface area contributed by atoms with Crippen LogP contribution in [-0.2, 0) is 4.79 Å². The van der Waals surface area contributed by atoms with Gasteiger partial charge in [-0.2, -0.15) is 0 Å². The number of rotatable bonds is 5. The van der Waals surface area contributed by atoms with Crippen molar-refractivity contribution in [1.82, 2.24) is 4.98 Å². The monoisotopic (exact) mass is 236 g/mol. The molecule has 1 rings (SSSR count). The first-order valence-electron chi connectivity index (χ1n) is 5.59. The molecule has 0 aliphatic rings. The van der Waals surface area contributed by atoms with E-state index in [0.29, 0.717) is 0 Å². The Morgan fingerprint density at radius 3 is 2.59 bits per heavy atom. The van der Waals surface area contributed by atoms with Crippen LogP contribution in [0.15, 0.2) is 18.3 Å². The molecule has 2 N–H and O–H groups in total. The second kappa shape index (κ2) is 5.98. The smallest absolute Gasteiger partial charge is 0.356 e. The normalized spacial score (nSPS) is 10.3. The number of hydrogen-bond acceptors (Lipinski definition) is 3. The Morgan fingerprint density at radius 2 is 2.06 bits per heavy atom. The topological polar surface area (TPSA) is 79.3 Å². The molecule has 1 amide bonds. The van der Waals surface area contributed by atoms with Gasteiger partial charge in [0.15, 0.2) is 5.69 Å². The summed E-state index contributed by atoms with van der Waals surface area (Å²) in [6.45, 7) is 3.85. The fraction of sp³-hybridized carbons (Fsp3) is 0.417. The average Bonchev–Trinajstić information content (AvgIpc) is 2.31. The number of aromatic carboxylic acids is 1. The molecule has 0 aliphatic carbocycles. The maximum absolute atomic E-state index is 11.8. The fourth-order valence-corrected chi connectivity index (χ4v) is 1.57. The number of nitrogens with one attached hydrogen (secondary N) is 1. The Balaban J connectivity index is 2.88. The van der Waals surface area contributed by atoms with Crippen molar-refractivity contribution >= 4 is 17.6 Å². The van der Waals surface area contributed by atoms with Crippen molar-refractivity contribution in [2.75, 3.05) is 5.32 Å². The van der Waals surface area contributed by atoms with Gasteiger partial charge in [-0.05, 0) is 25.0 Å². The van der Waals surface area contributed by atoms with Crippen LogP contribution in [0.2, 0.25) is 0 Å². The zero-order chi connectivity index (χ0) is 12.8. The maximum Gasteiger partial charge on any atom is 0.356 e. The molecule has 0 unspecified atom stereocenters. The summed E-state index contributed by atoms with van der Waals surface area (Å²) in [5.41, 5.74) is 0.115. The highest BCUT2D eigenvalue weighted by Crippen LogP contribution is 2.16. The molecule has 0 radical (unpaired) electrons. The van der Waals surface area contributed by atoms with E-state index in [0.717, 1.165) is 12.8 Å². The molecule has 0 fully saturated rings. The van der Waals surface area contributed by atoms with Gasteiger partial charge in [0, 0.05) is 12.1 Å². The average molecular weight is 236 g/mol. The van der Waals surface area contributed by atoms with Gasteiger partial charge in [-0.25, -0.2) is 9.78 Å². The number of anilines is 1. The second-order valence-corrected chi connectivity index (χ2v) is 3.71. The number of carboxylic acid groups (broad SMARTS) is 1. The van der Waals surface area contributed by atoms with Gasteiger partial charge in [-0.15, -0.1) is 0 Å². The van der Waals surface area contributed by atoms with Gasteiger partial charge in [-0.1, -0.05) is 13.8 Å². The molecule has 1 aromatic heterocycles. The summed E-state index contributed by atoms with van der Waals surface area (Å²) in [5.74, 6) is -1.41. The zero-order valence-corrected chi connectivity index (χ0v) is 9.93. The summed E-state index contributed by atoms with van der Waals surface area (Å²) in [6.07, 6.45) is 2.84. The van der Waals surface area contributed by atoms with Crippen LogP contribution in [0.5, 0.6) is 0 Å². The number of carbonyl (C=O) groups is 2. The molecule has 0 spiro atoms. The minimum Gasteiger partial charge on any atom is -0.476 e. The SMILES string of the molecule is CCC(CC)C(=O)Nc1cccnc1C(=O)O. The molecule has 0 saturated heterocycles. The zero-order valence-electron chi connectivity index (χ0n) is 9.93. The van der Waals surface area contributed by atoms with E-state index in [-0.39, 0.29) is 23.2 Å². The Morgan fingerprint density at radius 1 is 1.41 bits per heavy atom. The molecule has 0 aromatic carbocycles. The van der Waals surface area contributed by atoms with E-state index in [2.05, 4.69) is 10.3 Å². The van der Waals surface area contributed by atoms with Crippen molar-refractivity contribution in [3.63, 3.8) is 0 Å². The minimum absolute atomic E-state index is 0.100. The van der Waals surface area contributed by atoms with Gasteiger partial charge >= 0.3 is 5.97 Å². The standard InChI is InChI=1S/C12H16N2O3/c1-3-8(4-2)11(15)14-9-6-5-7-13-10(9)12(16)17/h5-8H,3-4H2,1-2H3,(H,14,15)(H,16,17). The van der Waals surface area contributed by atoms with Gasteiger partial charge in [0.2, 0.25) is 5.91 Å². The highest BCUT2D eigenvalue weighted by atomic mass is 16.4. The van der Waals surface area contributed by atoms with Crippen LogP contribution in [0.3, 0.4) is 0 Å². The van der Waals surface area contributed by atoms with E-state index in [4.69, 9.17) is 5.11 Å². The molecule has 5 heteroatoms. The molecule has 1 heterocycles. The maximum atomic E-state index is 11.8. The Bertz CT molecular complexity index is 414. The molecular formula is C12H16N2O3. The molecule has 92 valence electrons. The lowest BCUT2D eigenvalue weighted by Crippen LogP contribution is -2.23. The van der Waals surface area contributed by atoms with E-state index in [9.17, 15) is 9.59 Å². The van der Waals surface area contributed by atoms with Crippen LogP contribution < -0.4 is 5.32 Å². The first-order chi connectivity index (χ1) is 8.10. The van der Waals surface area contributed by atoms with Crippen molar-refractivity contribution in [3.05, 3.63) is 24.0 Å². The van der Waals surface area contributed by atoms with E-state index in [1.807, 2.05) is 13.8 Å². The molecule has 1 aromatic rings. The lowest BCUT2D eigenvalue weighted by Gasteiger charge is -2.13. The summed E-state index contributed by atoms with van der Waals surface area (Å²) >= 11 is 0. The van der Waals surface area contributed by atoms with E-state index in [1.54, 1.807) is 6.07 Å². The molecule has 17 heavy (non-hydrogen) atoms. The van der Waals surface area contributed by atoms with Crippen LogP contribution in [0.25, 0.3) is 0 Å². The Labute approximate surface area is 99.9 Å². The second-order valence-electron chi connectivity index (χ2n) is 3.71. The van der Waals surface area contributed by atoms with Crippen LogP contribution in [0.4, 0.5) is 5.69 Å². The third kappa shape index (κ3) is 3.27. The highest BCUT2D eigenvalue weighted by Gasteiger charge is 2.18. The third-order valence-corrected chi connectivity index (χ3v) is 2.62. The van der Waals surface area contributed by atoms with Gasteiger partial charge in [-0.3, -0.25) is 4.79 Å². The van der Waals surface area contributed by atoms with Crippen molar-refractivity contribution in [1.29, 1.82) is 0 Å². The summed E-state index contributed by atoms with van der Waals surface area (Å²) < 4.78 is 0. The molecule has 0 saturated carbocycles. The van der Waals surface area contributed by atoms with Crippen LogP contribution in [0, 0.1) is 5.92 Å². The van der Waals surface area contributed by atoms with Gasteiger partial charge < -0.3 is 10.4 Å². The Kier molecular flexibility index (Phi) is 4.63.